The van der Waals surface area contributed by atoms with Crippen molar-refractivity contribution < 1.29 is 9.59 Å². The van der Waals surface area contributed by atoms with E-state index < -0.39 is 5.54 Å². The molecule has 2 N–H and O–H groups in total. The van der Waals surface area contributed by atoms with Gasteiger partial charge in [0.2, 0.25) is 5.91 Å². The standard InChI is InChI=1S/C24H31N3O2S/c1-15(2)24(5)13-22(29)27(23(25)26-24)14-19-9-10-21(30-19)20(28)12-17(4)18-8-6-7-16(3)11-18/h6-11,15,17H,12-14H2,1-5H3,(H2,25,26)/t17-,24+/m1/s1. The summed E-state index contributed by atoms with van der Waals surface area (Å²) < 4.78 is 0. The highest BCUT2D eigenvalue weighted by Gasteiger charge is 2.38. The third-order valence-corrected chi connectivity index (χ3v) is 7.16. The van der Waals surface area contributed by atoms with Gasteiger partial charge in [-0.1, -0.05) is 50.6 Å². The molecule has 0 aliphatic carbocycles. The van der Waals surface area contributed by atoms with Gasteiger partial charge in [-0.2, -0.15) is 0 Å². The number of nitrogens with zero attached hydrogens (tertiary/aromatic N) is 2. The average Bonchev–Trinajstić information content (AvgIpc) is 3.13. The largest absolute Gasteiger partial charge is 0.369 e. The first-order chi connectivity index (χ1) is 14.1. The minimum absolute atomic E-state index is 0.0203. The van der Waals surface area contributed by atoms with Crippen molar-refractivity contribution in [1.29, 1.82) is 0 Å². The van der Waals surface area contributed by atoms with Crippen molar-refractivity contribution in [1.82, 2.24) is 4.90 Å². The Balaban J connectivity index is 1.68. The number of hydrogen-bond donors (Lipinski definition) is 1. The maximum absolute atomic E-state index is 12.8. The van der Waals surface area contributed by atoms with E-state index in [9.17, 15) is 9.59 Å². The summed E-state index contributed by atoms with van der Waals surface area (Å²) in [6.07, 6.45) is 0.804. The molecule has 1 aromatic carbocycles. The van der Waals surface area contributed by atoms with E-state index in [1.165, 1.54) is 27.4 Å². The molecule has 3 rings (SSSR count). The fourth-order valence-corrected chi connectivity index (χ4v) is 4.58. The van der Waals surface area contributed by atoms with Crippen molar-refractivity contribution in [3.8, 4) is 0 Å². The van der Waals surface area contributed by atoms with E-state index in [-0.39, 0.29) is 29.5 Å². The summed E-state index contributed by atoms with van der Waals surface area (Å²) in [4.78, 5) is 33.3. The van der Waals surface area contributed by atoms with Crippen LogP contribution in [0.15, 0.2) is 41.4 Å². The highest BCUT2D eigenvalue weighted by molar-refractivity contribution is 7.14. The van der Waals surface area contributed by atoms with Gasteiger partial charge in [-0.15, -0.1) is 11.3 Å². The van der Waals surface area contributed by atoms with Crippen LogP contribution in [0, 0.1) is 12.8 Å². The van der Waals surface area contributed by atoms with Crippen LogP contribution < -0.4 is 5.73 Å². The Hall–Kier alpha value is -2.47. The zero-order chi connectivity index (χ0) is 22.1. The van der Waals surface area contributed by atoms with Crippen LogP contribution in [0.2, 0.25) is 0 Å². The van der Waals surface area contributed by atoms with Crippen LogP contribution in [0.25, 0.3) is 0 Å². The zero-order valence-electron chi connectivity index (χ0n) is 18.4. The number of nitrogens with two attached hydrogens (primary N) is 1. The second-order valence-electron chi connectivity index (χ2n) is 8.85. The van der Waals surface area contributed by atoms with Crippen molar-refractivity contribution in [2.24, 2.45) is 16.6 Å². The topological polar surface area (TPSA) is 75.8 Å². The molecule has 0 spiro atoms. The summed E-state index contributed by atoms with van der Waals surface area (Å²) in [6, 6.07) is 12.1. The molecule has 160 valence electrons. The first kappa shape index (κ1) is 22.2. The number of Topliss-reactive ketones (excluding diaryl/α,β-unsaturated/α-hetero) is 1. The normalized spacial score (nSPS) is 20.4. The van der Waals surface area contributed by atoms with E-state index in [4.69, 9.17) is 5.73 Å². The number of aliphatic imine (C=N–C) groups is 1. The summed E-state index contributed by atoms with van der Waals surface area (Å²) in [5.74, 6) is 0.746. The van der Waals surface area contributed by atoms with Gasteiger partial charge in [-0.05, 0) is 43.4 Å². The fraction of sp³-hybridized carbons (Fsp3) is 0.458. The van der Waals surface area contributed by atoms with Gasteiger partial charge in [0, 0.05) is 11.3 Å². The van der Waals surface area contributed by atoms with Gasteiger partial charge in [0.1, 0.15) is 0 Å². The van der Waals surface area contributed by atoms with Crippen LogP contribution in [0.3, 0.4) is 0 Å². The van der Waals surface area contributed by atoms with Crippen LogP contribution in [-0.4, -0.2) is 28.1 Å². The highest BCUT2D eigenvalue weighted by atomic mass is 32.1. The summed E-state index contributed by atoms with van der Waals surface area (Å²) in [6.45, 7) is 10.6. The molecule has 0 unspecified atom stereocenters. The summed E-state index contributed by atoms with van der Waals surface area (Å²) in [5, 5.41) is 0. The molecule has 0 radical (unpaired) electrons. The quantitative estimate of drug-likeness (QED) is 0.641. The Morgan fingerprint density at radius 3 is 2.63 bits per heavy atom. The highest BCUT2D eigenvalue weighted by Crippen LogP contribution is 2.31. The summed E-state index contributed by atoms with van der Waals surface area (Å²) >= 11 is 1.43. The third kappa shape index (κ3) is 4.81. The summed E-state index contributed by atoms with van der Waals surface area (Å²) in [5.41, 5.74) is 8.05. The van der Waals surface area contributed by atoms with E-state index in [2.05, 4.69) is 50.9 Å². The average molecular weight is 426 g/mol. The molecule has 1 amide bonds. The Kier molecular flexibility index (Phi) is 6.46. The molecular weight excluding hydrogens is 394 g/mol. The lowest BCUT2D eigenvalue weighted by atomic mass is 9.84. The van der Waals surface area contributed by atoms with Crippen LogP contribution >= 0.6 is 11.3 Å². The molecule has 5 nitrogen and oxygen atoms in total. The SMILES string of the molecule is Cc1cccc([C@H](C)CC(=O)c2ccc(CN3C(=O)C[C@@](C)(C(C)C)N=C3N)s2)c1. The molecule has 0 saturated heterocycles. The molecule has 0 saturated carbocycles. The minimum atomic E-state index is -0.458. The van der Waals surface area contributed by atoms with E-state index in [0.717, 1.165) is 9.75 Å². The van der Waals surface area contributed by atoms with Gasteiger partial charge in [0.15, 0.2) is 11.7 Å². The lowest BCUT2D eigenvalue weighted by molar-refractivity contribution is -0.130. The van der Waals surface area contributed by atoms with Crippen molar-refractivity contribution in [3.63, 3.8) is 0 Å². The number of carbonyl (C=O) groups excluding carboxylic acids is 2. The number of aryl methyl sites for hydroxylation is 1. The molecule has 1 aliphatic heterocycles. The van der Waals surface area contributed by atoms with Crippen LogP contribution in [0.4, 0.5) is 0 Å². The van der Waals surface area contributed by atoms with Crippen molar-refractivity contribution >= 4 is 29.0 Å². The fourth-order valence-electron chi connectivity index (χ4n) is 3.64. The Morgan fingerprint density at radius 2 is 2.00 bits per heavy atom. The molecule has 0 fully saturated rings. The molecular formula is C24H31N3O2S. The van der Waals surface area contributed by atoms with Gasteiger partial charge in [-0.3, -0.25) is 14.5 Å². The predicted octanol–water partition coefficient (Wildman–Crippen LogP) is 4.89. The van der Waals surface area contributed by atoms with Crippen LogP contribution in [0.1, 0.15) is 72.1 Å². The van der Waals surface area contributed by atoms with Crippen LogP contribution in [-0.2, 0) is 11.3 Å². The summed E-state index contributed by atoms with van der Waals surface area (Å²) in [7, 11) is 0. The Labute approximate surface area is 183 Å². The molecule has 2 atom stereocenters. The number of benzene rings is 1. The lowest BCUT2D eigenvalue weighted by Gasteiger charge is -2.37. The molecule has 30 heavy (non-hydrogen) atoms. The van der Waals surface area contributed by atoms with Gasteiger partial charge in [0.25, 0.3) is 0 Å². The molecule has 6 heteroatoms. The number of amides is 1. The Bertz CT molecular complexity index is 978. The van der Waals surface area contributed by atoms with Gasteiger partial charge < -0.3 is 5.73 Å². The first-order valence-electron chi connectivity index (χ1n) is 10.4. The smallest absolute Gasteiger partial charge is 0.232 e. The number of guanidine groups is 1. The lowest BCUT2D eigenvalue weighted by Crippen LogP contribution is -2.51. The first-order valence-corrected chi connectivity index (χ1v) is 11.2. The third-order valence-electron chi connectivity index (χ3n) is 6.05. The Morgan fingerprint density at radius 1 is 1.27 bits per heavy atom. The number of rotatable bonds is 7. The van der Waals surface area contributed by atoms with Gasteiger partial charge in [-0.25, -0.2) is 4.99 Å². The minimum Gasteiger partial charge on any atom is -0.369 e. The number of carbonyl (C=O) groups is 2. The molecule has 2 aromatic rings. The number of hydrogen-bond acceptors (Lipinski definition) is 5. The monoisotopic (exact) mass is 425 g/mol. The van der Waals surface area contributed by atoms with E-state index in [1.807, 2.05) is 25.1 Å². The second kappa shape index (κ2) is 8.72. The van der Waals surface area contributed by atoms with Crippen molar-refractivity contribution in [2.45, 2.75) is 65.5 Å². The maximum atomic E-state index is 12.8. The second-order valence-corrected chi connectivity index (χ2v) is 10.0. The van der Waals surface area contributed by atoms with Crippen LogP contribution in [0.5, 0.6) is 0 Å². The van der Waals surface area contributed by atoms with Crippen molar-refractivity contribution in [2.75, 3.05) is 0 Å². The zero-order valence-corrected chi connectivity index (χ0v) is 19.3. The van der Waals surface area contributed by atoms with E-state index in [0.29, 0.717) is 19.4 Å². The molecule has 1 aromatic heterocycles. The number of ketones is 1. The molecule has 1 aliphatic rings. The number of thiophene rings is 1. The molecule has 2 heterocycles. The van der Waals surface area contributed by atoms with E-state index >= 15 is 0 Å². The van der Waals surface area contributed by atoms with E-state index in [1.54, 1.807) is 0 Å². The van der Waals surface area contributed by atoms with Crippen molar-refractivity contribution in [3.05, 3.63) is 57.3 Å². The van der Waals surface area contributed by atoms with Gasteiger partial charge >= 0.3 is 0 Å². The maximum Gasteiger partial charge on any atom is 0.232 e. The predicted molar refractivity (Wildman–Crippen MR) is 123 cm³/mol. The van der Waals surface area contributed by atoms with Gasteiger partial charge in [0.05, 0.1) is 23.4 Å². The molecule has 0 bridgehead atoms.